The molecule has 2 heteroatoms. The average molecular weight is 289 g/mol. The summed E-state index contributed by atoms with van der Waals surface area (Å²) in [5, 5.41) is 3.64. The van der Waals surface area contributed by atoms with Gasteiger partial charge in [-0.15, -0.1) is 0 Å². The van der Waals surface area contributed by atoms with Crippen LogP contribution in [-0.2, 0) is 5.41 Å². The molecule has 118 valence electrons. The molecule has 0 unspecified atom stereocenters. The first-order chi connectivity index (χ1) is 9.90. The lowest BCUT2D eigenvalue weighted by atomic mass is 9.83. The number of methoxy groups -OCH3 is 1. The van der Waals surface area contributed by atoms with Gasteiger partial charge in [0, 0.05) is 6.54 Å². The molecule has 1 aliphatic carbocycles. The van der Waals surface area contributed by atoms with Crippen LogP contribution >= 0.6 is 0 Å². The van der Waals surface area contributed by atoms with E-state index in [0.29, 0.717) is 0 Å². The molecule has 2 rings (SSSR count). The third-order valence-electron chi connectivity index (χ3n) is 4.78. The highest BCUT2D eigenvalue weighted by molar-refractivity contribution is 5.59. The van der Waals surface area contributed by atoms with Crippen molar-refractivity contribution in [2.24, 2.45) is 11.8 Å². The Balaban J connectivity index is 2.04. The van der Waals surface area contributed by atoms with E-state index in [4.69, 9.17) is 4.74 Å². The van der Waals surface area contributed by atoms with Gasteiger partial charge in [-0.3, -0.25) is 0 Å². The second kappa shape index (κ2) is 6.72. The van der Waals surface area contributed by atoms with Crippen LogP contribution in [0.15, 0.2) is 18.2 Å². The van der Waals surface area contributed by atoms with Crippen molar-refractivity contribution < 1.29 is 4.74 Å². The molecule has 0 radical (unpaired) electrons. The second-order valence-electron chi connectivity index (χ2n) is 7.67. The average Bonchev–Trinajstić information content (AvgIpc) is 2.45. The quantitative estimate of drug-likeness (QED) is 0.819. The van der Waals surface area contributed by atoms with Crippen LogP contribution in [-0.4, -0.2) is 13.7 Å². The predicted octanol–water partition coefficient (Wildman–Crippen LogP) is 5.23. The van der Waals surface area contributed by atoms with Crippen molar-refractivity contribution in [3.05, 3.63) is 23.8 Å². The van der Waals surface area contributed by atoms with E-state index in [1.54, 1.807) is 7.11 Å². The SMILES string of the molecule is COc1ccc(C(C)(C)C)cc1NCC1CCC(C)CC1. The highest BCUT2D eigenvalue weighted by Crippen LogP contribution is 2.33. The van der Waals surface area contributed by atoms with Gasteiger partial charge in [-0.2, -0.15) is 0 Å². The summed E-state index contributed by atoms with van der Waals surface area (Å²) in [6.07, 6.45) is 5.47. The molecule has 0 amide bonds. The lowest BCUT2D eigenvalue weighted by Crippen LogP contribution is -2.20. The molecule has 0 bridgehead atoms. The van der Waals surface area contributed by atoms with Gasteiger partial charge in [-0.25, -0.2) is 0 Å². The number of hydrogen-bond donors (Lipinski definition) is 1. The van der Waals surface area contributed by atoms with Crippen molar-refractivity contribution in [2.45, 2.75) is 58.8 Å². The van der Waals surface area contributed by atoms with E-state index >= 15 is 0 Å². The van der Waals surface area contributed by atoms with Crippen molar-refractivity contribution in [3.8, 4) is 5.75 Å². The van der Waals surface area contributed by atoms with Gasteiger partial charge in [0.1, 0.15) is 5.75 Å². The van der Waals surface area contributed by atoms with Crippen LogP contribution in [0.1, 0.15) is 58.9 Å². The monoisotopic (exact) mass is 289 g/mol. The Morgan fingerprint density at radius 2 is 1.81 bits per heavy atom. The Labute approximate surface area is 130 Å². The van der Waals surface area contributed by atoms with Crippen LogP contribution in [0.3, 0.4) is 0 Å². The third kappa shape index (κ3) is 4.39. The zero-order chi connectivity index (χ0) is 15.5. The van der Waals surface area contributed by atoms with Crippen LogP contribution < -0.4 is 10.1 Å². The van der Waals surface area contributed by atoms with E-state index < -0.39 is 0 Å². The van der Waals surface area contributed by atoms with Crippen molar-refractivity contribution in [2.75, 3.05) is 19.0 Å². The Kier molecular flexibility index (Phi) is 5.18. The summed E-state index contributed by atoms with van der Waals surface area (Å²) in [7, 11) is 1.75. The fourth-order valence-electron chi connectivity index (χ4n) is 3.10. The molecule has 1 aromatic rings. The minimum atomic E-state index is 0.170. The summed E-state index contributed by atoms with van der Waals surface area (Å²) in [4.78, 5) is 0. The molecular weight excluding hydrogens is 258 g/mol. The van der Waals surface area contributed by atoms with Crippen molar-refractivity contribution in [3.63, 3.8) is 0 Å². The largest absolute Gasteiger partial charge is 0.495 e. The first-order valence-corrected chi connectivity index (χ1v) is 8.32. The van der Waals surface area contributed by atoms with E-state index in [2.05, 4.69) is 51.2 Å². The standard InChI is InChI=1S/C19H31NO/c1-14-6-8-15(9-7-14)13-20-17-12-16(19(2,3)4)10-11-18(17)21-5/h10-12,14-15,20H,6-9,13H2,1-5H3. The van der Waals surface area contributed by atoms with E-state index in [1.165, 1.54) is 31.2 Å². The lowest BCUT2D eigenvalue weighted by molar-refractivity contribution is 0.300. The zero-order valence-corrected chi connectivity index (χ0v) is 14.3. The second-order valence-corrected chi connectivity index (χ2v) is 7.67. The molecule has 1 aliphatic rings. The molecular formula is C19H31NO. The molecule has 0 heterocycles. The minimum absolute atomic E-state index is 0.170. The van der Waals surface area contributed by atoms with Gasteiger partial charge in [0.25, 0.3) is 0 Å². The van der Waals surface area contributed by atoms with Crippen molar-refractivity contribution >= 4 is 5.69 Å². The molecule has 21 heavy (non-hydrogen) atoms. The molecule has 0 atom stereocenters. The topological polar surface area (TPSA) is 21.3 Å². The van der Waals surface area contributed by atoms with Gasteiger partial charge >= 0.3 is 0 Å². The Morgan fingerprint density at radius 1 is 1.14 bits per heavy atom. The number of anilines is 1. The van der Waals surface area contributed by atoms with Crippen LogP contribution in [0.25, 0.3) is 0 Å². The highest BCUT2D eigenvalue weighted by Gasteiger charge is 2.19. The molecule has 0 spiro atoms. The normalized spacial score (nSPS) is 22.9. The van der Waals surface area contributed by atoms with Crippen LogP contribution in [0.4, 0.5) is 5.69 Å². The maximum atomic E-state index is 5.51. The van der Waals surface area contributed by atoms with Crippen LogP contribution in [0.5, 0.6) is 5.75 Å². The molecule has 2 nitrogen and oxygen atoms in total. The Morgan fingerprint density at radius 3 is 2.38 bits per heavy atom. The first kappa shape index (κ1) is 16.2. The van der Waals surface area contributed by atoms with Gasteiger partial charge in [-0.1, -0.05) is 46.6 Å². The number of nitrogens with one attached hydrogen (secondary N) is 1. The van der Waals surface area contributed by atoms with Gasteiger partial charge in [0.05, 0.1) is 12.8 Å². The first-order valence-electron chi connectivity index (χ1n) is 8.32. The summed E-state index contributed by atoms with van der Waals surface area (Å²) in [6.45, 7) is 10.2. The summed E-state index contributed by atoms with van der Waals surface area (Å²) in [6, 6.07) is 6.52. The van der Waals surface area contributed by atoms with Crippen LogP contribution in [0.2, 0.25) is 0 Å². The maximum Gasteiger partial charge on any atom is 0.141 e. The molecule has 1 aromatic carbocycles. The smallest absolute Gasteiger partial charge is 0.141 e. The molecule has 1 N–H and O–H groups in total. The minimum Gasteiger partial charge on any atom is -0.495 e. The van der Waals surface area contributed by atoms with E-state index in [0.717, 1.165) is 29.8 Å². The van der Waals surface area contributed by atoms with Gasteiger partial charge in [-0.05, 0) is 47.8 Å². The summed E-state index contributed by atoms with van der Waals surface area (Å²) in [5.74, 6) is 2.68. The molecule has 0 saturated heterocycles. The summed E-state index contributed by atoms with van der Waals surface area (Å²) in [5.41, 5.74) is 2.66. The maximum absolute atomic E-state index is 5.51. The fraction of sp³-hybridized carbons (Fsp3) is 0.684. The van der Waals surface area contributed by atoms with Gasteiger partial charge < -0.3 is 10.1 Å². The summed E-state index contributed by atoms with van der Waals surface area (Å²) < 4.78 is 5.51. The fourth-order valence-corrected chi connectivity index (χ4v) is 3.10. The lowest BCUT2D eigenvalue weighted by Gasteiger charge is -2.27. The van der Waals surface area contributed by atoms with Gasteiger partial charge in [0.2, 0.25) is 0 Å². The van der Waals surface area contributed by atoms with Crippen molar-refractivity contribution in [1.29, 1.82) is 0 Å². The summed E-state index contributed by atoms with van der Waals surface area (Å²) >= 11 is 0. The molecule has 0 aliphatic heterocycles. The van der Waals surface area contributed by atoms with Crippen molar-refractivity contribution in [1.82, 2.24) is 0 Å². The highest BCUT2D eigenvalue weighted by atomic mass is 16.5. The number of ether oxygens (including phenoxy) is 1. The van der Waals surface area contributed by atoms with E-state index in [-0.39, 0.29) is 5.41 Å². The number of rotatable bonds is 4. The molecule has 1 fully saturated rings. The number of benzene rings is 1. The van der Waals surface area contributed by atoms with Gasteiger partial charge in [0.15, 0.2) is 0 Å². The van der Waals surface area contributed by atoms with E-state index in [1.807, 2.05) is 0 Å². The Hall–Kier alpha value is -1.18. The number of hydrogen-bond acceptors (Lipinski definition) is 2. The zero-order valence-electron chi connectivity index (χ0n) is 14.3. The third-order valence-corrected chi connectivity index (χ3v) is 4.78. The van der Waals surface area contributed by atoms with Crippen LogP contribution in [0, 0.1) is 11.8 Å². The molecule has 1 saturated carbocycles. The predicted molar refractivity (Wildman–Crippen MR) is 91.3 cm³/mol. The Bertz CT molecular complexity index is 453. The van der Waals surface area contributed by atoms with E-state index in [9.17, 15) is 0 Å². The molecule has 0 aromatic heterocycles.